The summed E-state index contributed by atoms with van der Waals surface area (Å²) in [6, 6.07) is 20.5. The van der Waals surface area contributed by atoms with Gasteiger partial charge in [0.1, 0.15) is 5.75 Å². The predicted octanol–water partition coefficient (Wildman–Crippen LogP) is 4.78. The minimum atomic E-state index is -0.498. The van der Waals surface area contributed by atoms with Crippen molar-refractivity contribution in [3.8, 4) is 11.4 Å². The molecule has 0 saturated heterocycles. The number of hydrogen-bond acceptors (Lipinski definition) is 6. The predicted molar refractivity (Wildman–Crippen MR) is 143 cm³/mol. The number of carbonyl (C=O) groups excluding carboxylic acids is 1. The standard InChI is InChI=1S/C27H25N5O3S/c1-16-13-14-21(17(2)15-16)31-25(34)19-9-5-7-11-22(19)32-26(31)29-30-27(32)36-18(3)24(33)28-20-10-6-8-12-23(20)35-4/h5-15,18H,1-4H3,(H,28,33). The Bertz CT molecular complexity index is 1670. The summed E-state index contributed by atoms with van der Waals surface area (Å²) in [5, 5.41) is 12.3. The summed E-state index contributed by atoms with van der Waals surface area (Å²) in [4.78, 5) is 26.6. The molecule has 9 heteroatoms. The second kappa shape index (κ2) is 9.50. The Kier molecular flexibility index (Phi) is 6.24. The Balaban J connectivity index is 1.59. The highest BCUT2D eigenvalue weighted by molar-refractivity contribution is 8.00. The SMILES string of the molecule is COc1ccccc1NC(=O)C(C)Sc1nnc2n(-c3ccc(C)cc3C)c(=O)c3ccccc3n12. The van der Waals surface area contributed by atoms with Gasteiger partial charge < -0.3 is 10.1 Å². The summed E-state index contributed by atoms with van der Waals surface area (Å²) in [5.74, 6) is 0.776. The number of aromatic nitrogens is 4. The number of fused-ring (bicyclic) bond motifs is 3. The van der Waals surface area contributed by atoms with E-state index in [2.05, 4.69) is 15.5 Å². The van der Waals surface area contributed by atoms with E-state index in [0.29, 0.717) is 33.3 Å². The van der Waals surface area contributed by atoms with Crippen LogP contribution in [0.5, 0.6) is 5.75 Å². The lowest BCUT2D eigenvalue weighted by molar-refractivity contribution is -0.115. The number of para-hydroxylation sites is 3. The monoisotopic (exact) mass is 499 g/mol. The molecule has 36 heavy (non-hydrogen) atoms. The third-order valence-corrected chi connectivity index (χ3v) is 7.05. The van der Waals surface area contributed by atoms with Gasteiger partial charge in [-0.1, -0.05) is 53.7 Å². The Morgan fingerprint density at radius 3 is 2.56 bits per heavy atom. The minimum absolute atomic E-state index is 0.170. The first-order valence-corrected chi connectivity index (χ1v) is 12.3. The molecular weight excluding hydrogens is 474 g/mol. The van der Waals surface area contributed by atoms with Crippen LogP contribution in [-0.2, 0) is 4.79 Å². The van der Waals surface area contributed by atoms with Crippen LogP contribution in [0, 0.1) is 13.8 Å². The van der Waals surface area contributed by atoms with Crippen molar-refractivity contribution >= 4 is 40.0 Å². The number of methoxy groups -OCH3 is 1. The van der Waals surface area contributed by atoms with Crippen molar-refractivity contribution in [2.45, 2.75) is 31.2 Å². The molecule has 5 rings (SSSR count). The molecule has 8 nitrogen and oxygen atoms in total. The molecule has 0 bridgehead atoms. The van der Waals surface area contributed by atoms with Crippen LogP contribution < -0.4 is 15.6 Å². The van der Waals surface area contributed by atoms with E-state index in [0.717, 1.165) is 16.8 Å². The van der Waals surface area contributed by atoms with Gasteiger partial charge in [0.05, 0.1) is 34.6 Å². The van der Waals surface area contributed by atoms with Crippen LogP contribution in [0.15, 0.2) is 76.7 Å². The van der Waals surface area contributed by atoms with E-state index in [9.17, 15) is 9.59 Å². The molecule has 5 aromatic rings. The van der Waals surface area contributed by atoms with Crippen LogP contribution in [0.3, 0.4) is 0 Å². The number of hydrogen-bond donors (Lipinski definition) is 1. The van der Waals surface area contributed by atoms with Gasteiger partial charge in [-0.3, -0.25) is 14.0 Å². The van der Waals surface area contributed by atoms with E-state index in [-0.39, 0.29) is 11.5 Å². The molecule has 0 spiro atoms. The highest BCUT2D eigenvalue weighted by atomic mass is 32.2. The molecule has 0 aliphatic rings. The average Bonchev–Trinajstić information content (AvgIpc) is 3.28. The molecule has 1 unspecified atom stereocenters. The molecule has 2 aromatic heterocycles. The molecule has 0 aliphatic heterocycles. The Labute approximate surface area is 211 Å². The Hall–Kier alpha value is -4.11. The molecule has 3 aromatic carbocycles. The summed E-state index contributed by atoms with van der Waals surface area (Å²) in [7, 11) is 1.56. The van der Waals surface area contributed by atoms with Crippen molar-refractivity contribution in [3.63, 3.8) is 0 Å². The van der Waals surface area contributed by atoms with Crippen LogP contribution in [0.25, 0.3) is 22.4 Å². The van der Waals surface area contributed by atoms with Crippen molar-refractivity contribution in [3.05, 3.63) is 88.2 Å². The zero-order chi connectivity index (χ0) is 25.4. The molecular formula is C27H25N5O3S. The number of ether oxygens (including phenoxy) is 1. The van der Waals surface area contributed by atoms with Crippen molar-refractivity contribution < 1.29 is 9.53 Å². The molecule has 0 fully saturated rings. The first-order valence-electron chi connectivity index (χ1n) is 11.5. The van der Waals surface area contributed by atoms with Gasteiger partial charge in [-0.15, -0.1) is 10.2 Å². The van der Waals surface area contributed by atoms with Crippen LogP contribution in [0.4, 0.5) is 5.69 Å². The molecule has 1 amide bonds. The maximum atomic E-state index is 13.6. The number of nitrogens with one attached hydrogen (secondary N) is 1. The highest BCUT2D eigenvalue weighted by Gasteiger charge is 2.23. The molecule has 182 valence electrons. The van der Waals surface area contributed by atoms with Gasteiger partial charge in [0.15, 0.2) is 5.16 Å². The van der Waals surface area contributed by atoms with Crippen LogP contribution in [0.1, 0.15) is 18.1 Å². The van der Waals surface area contributed by atoms with Gasteiger partial charge in [0.2, 0.25) is 11.7 Å². The summed E-state index contributed by atoms with van der Waals surface area (Å²) < 4.78 is 8.77. The fourth-order valence-corrected chi connectivity index (χ4v) is 5.08. The smallest absolute Gasteiger partial charge is 0.267 e. The van der Waals surface area contributed by atoms with Crippen molar-refractivity contribution in [1.82, 2.24) is 19.2 Å². The summed E-state index contributed by atoms with van der Waals surface area (Å²) >= 11 is 1.27. The molecule has 0 aliphatic carbocycles. The quantitative estimate of drug-likeness (QED) is 0.338. The molecule has 0 radical (unpaired) electrons. The first kappa shape index (κ1) is 23.6. The van der Waals surface area contributed by atoms with E-state index >= 15 is 0 Å². The van der Waals surface area contributed by atoms with Gasteiger partial charge >= 0.3 is 0 Å². The number of aryl methyl sites for hydroxylation is 2. The maximum Gasteiger partial charge on any atom is 0.267 e. The molecule has 0 saturated carbocycles. The fourth-order valence-electron chi connectivity index (χ4n) is 4.22. The third kappa shape index (κ3) is 4.11. The average molecular weight is 500 g/mol. The van der Waals surface area contributed by atoms with E-state index in [1.165, 1.54) is 11.8 Å². The fraction of sp³-hybridized carbons (Fsp3) is 0.185. The van der Waals surface area contributed by atoms with E-state index in [1.54, 1.807) is 36.8 Å². The number of anilines is 1. The number of thioether (sulfide) groups is 1. The van der Waals surface area contributed by atoms with E-state index in [1.807, 2.05) is 66.8 Å². The number of carbonyl (C=O) groups is 1. The van der Waals surface area contributed by atoms with E-state index in [4.69, 9.17) is 4.74 Å². The topological polar surface area (TPSA) is 90.5 Å². The highest BCUT2D eigenvalue weighted by Crippen LogP contribution is 2.29. The van der Waals surface area contributed by atoms with Crippen molar-refractivity contribution in [2.24, 2.45) is 0 Å². The van der Waals surface area contributed by atoms with Gasteiger partial charge in [-0.2, -0.15) is 0 Å². The lowest BCUT2D eigenvalue weighted by atomic mass is 10.1. The lowest BCUT2D eigenvalue weighted by Gasteiger charge is -2.15. The lowest BCUT2D eigenvalue weighted by Crippen LogP contribution is -2.24. The zero-order valence-electron chi connectivity index (χ0n) is 20.4. The van der Waals surface area contributed by atoms with Gasteiger partial charge in [-0.25, -0.2) is 4.57 Å². The maximum absolute atomic E-state index is 13.6. The van der Waals surface area contributed by atoms with Gasteiger partial charge in [0.25, 0.3) is 5.56 Å². The van der Waals surface area contributed by atoms with Crippen LogP contribution >= 0.6 is 11.8 Å². The normalized spacial score (nSPS) is 12.1. The summed E-state index contributed by atoms with van der Waals surface area (Å²) in [5.41, 5.74) is 3.91. The summed E-state index contributed by atoms with van der Waals surface area (Å²) in [6.07, 6.45) is 0. The first-order chi connectivity index (χ1) is 17.4. The Morgan fingerprint density at radius 2 is 1.78 bits per heavy atom. The molecule has 2 heterocycles. The van der Waals surface area contributed by atoms with E-state index < -0.39 is 5.25 Å². The second-order valence-electron chi connectivity index (χ2n) is 8.52. The summed E-state index contributed by atoms with van der Waals surface area (Å²) in [6.45, 7) is 5.79. The number of amides is 1. The Morgan fingerprint density at radius 1 is 1.03 bits per heavy atom. The zero-order valence-corrected chi connectivity index (χ0v) is 21.2. The van der Waals surface area contributed by atoms with Crippen molar-refractivity contribution in [2.75, 3.05) is 12.4 Å². The number of benzene rings is 3. The number of nitrogens with zero attached hydrogens (tertiary/aromatic N) is 4. The van der Waals surface area contributed by atoms with Crippen LogP contribution in [-0.4, -0.2) is 37.4 Å². The van der Waals surface area contributed by atoms with Crippen molar-refractivity contribution in [1.29, 1.82) is 0 Å². The molecule has 1 atom stereocenters. The van der Waals surface area contributed by atoms with Crippen LogP contribution in [0.2, 0.25) is 0 Å². The van der Waals surface area contributed by atoms with Gasteiger partial charge in [0, 0.05) is 0 Å². The largest absolute Gasteiger partial charge is 0.495 e. The minimum Gasteiger partial charge on any atom is -0.495 e. The third-order valence-electron chi connectivity index (χ3n) is 6.00. The second-order valence-corrected chi connectivity index (χ2v) is 9.82. The number of rotatable bonds is 6. The van der Waals surface area contributed by atoms with Gasteiger partial charge in [-0.05, 0) is 56.7 Å². The molecule has 1 N–H and O–H groups in total.